The smallest absolute Gasteiger partial charge is 0.266 e. The Balaban J connectivity index is 1.49. The van der Waals surface area contributed by atoms with Gasteiger partial charge in [0, 0.05) is 18.4 Å². The van der Waals surface area contributed by atoms with Crippen molar-refractivity contribution in [2.75, 3.05) is 18.1 Å². The first-order valence-corrected chi connectivity index (χ1v) is 10.6. The number of nitrogens with one attached hydrogen (secondary N) is 2. The maximum Gasteiger partial charge on any atom is 0.266 e. The number of nitrogens with zero attached hydrogens (tertiary/aromatic N) is 4. The molecule has 0 aromatic carbocycles. The second kappa shape index (κ2) is 7.51. The molecule has 1 fully saturated rings. The normalized spacial score (nSPS) is 18.3. The van der Waals surface area contributed by atoms with Crippen LogP contribution in [0.5, 0.6) is 0 Å². The van der Waals surface area contributed by atoms with E-state index in [2.05, 4.69) is 25.3 Å². The molecule has 9 heteroatoms. The van der Waals surface area contributed by atoms with Gasteiger partial charge in [-0.1, -0.05) is 6.07 Å². The fourth-order valence-electron chi connectivity index (χ4n) is 3.79. The summed E-state index contributed by atoms with van der Waals surface area (Å²) in [5.74, 6) is 0.770. The fourth-order valence-corrected chi connectivity index (χ4v) is 4.68. The predicted octanol–water partition coefficient (Wildman–Crippen LogP) is 3.31. The fraction of sp³-hybridized carbons (Fsp3) is 0.238. The van der Waals surface area contributed by atoms with E-state index in [9.17, 15) is 4.79 Å². The highest BCUT2D eigenvalue weighted by atomic mass is 32.1. The van der Waals surface area contributed by atoms with Gasteiger partial charge in [-0.3, -0.25) is 9.48 Å². The van der Waals surface area contributed by atoms with Crippen LogP contribution in [-0.2, 0) is 0 Å². The summed E-state index contributed by atoms with van der Waals surface area (Å²) in [4.78, 5) is 22.5. The number of thiophene rings is 1. The molecule has 5 rings (SSSR count). The number of rotatable bonds is 5. The molecule has 4 aromatic heterocycles. The Morgan fingerprint density at radius 1 is 1.17 bits per heavy atom. The minimum atomic E-state index is -0.198. The van der Waals surface area contributed by atoms with Gasteiger partial charge in [0.25, 0.3) is 5.91 Å². The molecule has 0 saturated heterocycles. The number of carbonyl (C=O) groups is 1. The molecular formula is C21H21N7OS. The van der Waals surface area contributed by atoms with Gasteiger partial charge in [0.1, 0.15) is 17.3 Å². The van der Waals surface area contributed by atoms with Gasteiger partial charge in [-0.05, 0) is 50.2 Å². The number of amides is 1. The van der Waals surface area contributed by atoms with Gasteiger partial charge in [0.05, 0.1) is 26.7 Å². The highest BCUT2D eigenvalue weighted by Gasteiger charge is 2.32. The molecule has 0 aliphatic heterocycles. The van der Waals surface area contributed by atoms with Crippen LogP contribution in [0.3, 0.4) is 0 Å². The molecule has 0 radical (unpaired) electrons. The van der Waals surface area contributed by atoms with Gasteiger partial charge >= 0.3 is 0 Å². The molecule has 4 N–H and O–H groups in total. The van der Waals surface area contributed by atoms with Crippen LogP contribution in [-0.4, -0.2) is 38.7 Å². The van der Waals surface area contributed by atoms with E-state index in [1.807, 2.05) is 25.2 Å². The molecular weight excluding hydrogens is 398 g/mol. The van der Waals surface area contributed by atoms with Crippen molar-refractivity contribution < 1.29 is 4.79 Å². The Morgan fingerprint density at radius 3 is 2.80 bits per heavy atom. The van der Waals surface area contributed by atoms with Crippen LogP contribution in [0.25, 0.3) is 21.5 Å². The Morgan fingerprint density at radius 2 is 2.03 bits per heavy atom. The van der Waals surface area contributed by atoms with Crippen molar-refractivity contribution >= 4 is 39.8 Å². The van der Waals surface area contributed by atoms with E-state index >= 15 is 0 Å². The third-order valence-electron chi connectivity index (χ3n) is 5.49. The first-order chi connectivity index (χ1) is 14.6. The molecule has 0 bridgehead atoms. The number of nitrogens with two attached hydrogens (primary N) is 1. The molecule has 4 aromatic rings. The largest absolute Gasteiger partial charge is 0.383 e. The first-order valence-electron chi connectivity index (χ1n) is 9.76. The number of fused-ring (bicyclic) bond motifs is 1. The minimum Gasteiger partial charge on any atom is -0.383 e. The maximum atomic E-state index is 12.6. The van der Waals surface area contributed by atoms with Crippen LogP contribution in [0.4, 0.5) is 11.6 Å². The average Bonchev–Trinajstić information content (AvgIpc) is 3.34. The molecule has 1 aliphatic carbocycles. The van der Waals surface area contributed by atoms with Crippen LogP contribution in [0.2, 0.25) is 0 Å². The third kappa shape index (κ3) is 3.21. The Labute approximate surface area is 177 Å². The van der Waals surface area contributed by atoms with E-state index in [4.69, 9.17) is 10.8 Å². The van der Waals surface area contributed by atoms with Crippen LogP contribution in [0.15, 0.2) is 48.8 Å². The van der Waals surface area contributed by atoms with Gasteiger partial charge in [0.2, 0.25) is 0 Å². The second-order valence-electron chi connectivity index (χ2n) is 7.33. The molecule has 1 aliphatic rings. The number of pyridine rings is 2. The van der Waals surface area contributed by atoms with Gasteiger partial charge < -0.3 is 16.4 Å². The zero-order chi connectivity index (χ0) is 20.7. The number of carbonyl (C=O) groups excluding carboxylic acids is 1. The molecule has 1 saturated carbocycles. The highest BCUT2D eigenvalue weighted by molar-refractivity contribution is 7.17. The lowest BCUT2D eigenvalue weighted by Gasteiger charge is -2.35. The maximum absolute atomic E-state index is 12.6. The lowest BCUT2D eigenvalue weighted by atomic mass is 9.87. The molecule has 30 heavy (non-hydrogen) atoms. The number of aromatic nitrogens is 4. The summed E-state index contributed by atoms with van der Waals surface area (Å²) in [5, 5.41) is 11.9. The first kappa shape index (κ1) is 18.7. The monoisotopic (exact) mass is 419 g/mol. The minimum absolute atomic E-state index is 0.198. The van der Waals surface area contributed by atoms with Crippen molar-refractivity contribution in [3.63, 3.8) is 0 Å². The highest BCUT2D eigenvalue weighted by Crippen LogP contribution is 2.40. The summed E-state index contributed by atoms with van der Waals surface area (Å²) in [6.45, 7) is 0. The van der Waals surface area contributed by atoms with Crippen LogP contribution in [0, 0.1) is 0 Å². The SMILES string of the molecule is CNC1CC(n2nc(-c3ccc(C(=O)Nc4ccccn4)s3)c3c(N)nccc32)C1. The molecule has 0 spiro atoms. The number of hydrogen-bond acceptors (Lipinski definition) is 7. The number of hydrogen-bond donors (Lipinski definition) is 3. The van der Waals surface area contributed by atoms with E-state index in [0.29, 0.717) is 28.6 Å². The molecule has 152 valence electrons. The van der Waals surface area contributed by atoms with Gasteiger partial charge in [-0.25, -0.2) is 9.97 Å². The average molecular weight is 420 g/mol. The predicted molar refractivity (Wildman–Crippen MR) is 119 cm³/mol. The molecule has 1 amide bonds. The van der Waals surface area contributed by atoms with Crippen LogP contribution < -0.4 is 16.4 Å². The molecule has 4 heterocycles. The summed E-state index contributed by atoms with van der Waals surface area (Å²) in [5.41, 5.74) is 7.98. The van der Waals surface area contributed by atoms with E-state index < -0.39 is 0 Å². The summed E-state index contributed by atoms with van der Waals surface area (Å²) in [7, 11) is 1.98. The molecule has 8 nitrogen and oxygen atoms in total. The van der Waals surface area contributed by atoms with Gasteiger partial charge in [-0.2, -0.15) is 5.10 Å². The number of anilines is 2. The van der Waals surface area contributed by atoms with Crippen molar-refractivity contribution in [1.29, 1.82) is 0 Å². The van der Waals surface area contributed by atoms with Crippen LogP contribution in [0.1, 0.15) is 28.6 Å². The summed E-state index contributed by atoms with van der Waals surface area (Å²) in [6, 6.07) is 11.9. The van der Waals surface area contributed by atoms with Crippen molar-refractivity contribution in [3.8, 4) is 10.6 Å². The summed E-state index contributed by atoms with van der Waals surface area (Å²) >= 11 is 1.38. The lowest BCUT2D eigenvalue weighted by molar-refractivity contribution is 0.103. The lowest BCUT2D eigenvalue weighted by Crippen LogP contribution is -2.40. The van der Waals surface area contributed by atoms with E-state index in [1.54, 1.807) is 30.6 Å². The quantitative estimate of drug-likeness (QED) is 0.458. The van der Waals surface area contributed by atoms with Crippen molar-refractivity contribution in [3.05, 3.63) is 53.7 Å². The van der Waals surface area contributed by atoms with Crippen molar-refractivity contribution in [1.82, 2.24) is 25.1 Å². The Bertz CT molecular complexity index is 1210. The molecule has 0 unspecified atom stereocenters. The van der Waals surface area contributed by atoms with E-state index in [1.165, 1.54) is 11.3 Å². The zero-order valence-corrected chi connectivity index (χ0v) is 17.2. The Hall–Kier alpha value is -3.30. The summed E-state index contributed by atoms with van der Waals surface area (Å²) < 4.78 is 2.06. The van der Waals surface area contributed by atoms with Crippen molar-refractivity contribution in [2.24, 2.45) is 0 Å². The standard InChI is InChI=1S/C21H21N7OS/c1-23-12-10-13(11-12)28-14-7-9-25-20(22)18(14)19(27-28)15-5-6-16(30-15)21(29)26-17-4-2-3-8-24-17/h2-9,12-13,23H,10-11H2,1H3,(H2,22,25)(H,24,26,29). The summed E-state index contributed by atoms with van der Waals surface area (Å²) in [6.07, 6.45) is 5.41. The molecule has 0 atom stereocenters. The van der Waals surface area contributed by atoms with Gasteiger partial charge in [-0.15, -0.1) is 11.3 Å². The van der Waals surface area contributed by atoms with E-state index in [0.717, 1.165) is 34.3 Å². The van der Waals surface area contributed by atoms with Gasteiger partial charge in [0.15, 0.2) is 0 Å². The third-order valence-corrected chi connectivity index (χ3v) is 6.58. The van der Waals surface area contributed by atoms with Crippen LogP contribution >= 0.6 is 11.3 Å². The zero-order valence-electron chi connectivity index (χ0n) is 16.4. The number of nitrogen functional groups attached to an aromatic ring is 1. The topological polar surface area (TPSA) is 111 Å². The Kier molecular flexibility index (Phi) is 4.68. The van der Waals surface area contributed by atoms with Crippen molar-refractivity contribution in [2.45, 2.75) is 24.9 Å². The van der Waals surface area contributed by atoms with E-state index in [-0.39, 0.29) is 5.91 Å². The second-order valence-corrected chi connectivity index (χ2v) is 8.41.